The van der Waals surface area contributed by atoms with E-state index in [4.69, 9.17) is 4.42 Å². The van der Waals surface area contributed by atoms with Gasteiger partial charge in [0, 0.05) is 5.69 Å². The highest BCUT2D eigenvalue weighted by molar-refractivity contribution is 6.02. The molecular weight excluding hydrogens is 218 g/mol. The van der Waals surface area contributed by atoms with Crippen LogP contribution in [0.25, 0.3) is 0 Å². The minimum atomic E-state index is -0.509. The van der Waals surface area contributed by atoms with Gasteiger partial charge >= 0.3 is 0 Å². The molecule has 17 heavy (non-hydrogen) atoms. The largest absolute Gasteiger partial charge is 0.459 e. The fourth-order valence-electron chi connectivity index (χ4n) is 1.45. The highest BCUT2D eigenvalue weighted by Gasteiger charge is 2.08. The van der Waals surface area contributed by atoms with Crippen LogP contribution < -0.4 is 5.32 Å². The van der Waals surface area contributed by atoms with Crippen LogP contribution in [0.3, 0.4) is 0 Å². The molecule has 1 heterocycles. The van der Waals surface area contributed by atoms with E-state index in [-0.39, 0.29) is 11.7 Å². The first-order valence-electron chi connectivity index (χ1n) is 5.29. The van der Waals surface area contributed by atoms with Crippen molar-refractivity contribution in [2.24, 2.45) is 0 Å². The molecule has 0 spiro atoms. The Bertz CT molecular complexity index is 486. The molecule has 0 fully saturated rings. The van der Waals surface area contributed by atoms with Crippen molar-refractivity contribution in [3.05, 3.63) is 54.0 Å². The van der Waals surface area contributed by atoms with Crippen LogP contribution in [-0.2, 0) is 0 Å². The van der Waals surface area contributed by atoms with Gasteiger partial charge in [0.15, 0.2) is 5.76 Å². The molecule has 2 rings (SSSR count). The lowest BCUT2D eigenvalue weighted by molar-refractivity contribution is 0.0996. The summed E-state index contributed by atoms with van der Waals surface area (Å²) in [7, 11) is 0. The average Bonchev–Trinajstić information content (AvgIpc) is 2.83. The number of benzene rings is 1. The Morgan fingerprint density at radius 3 is 2.53 bits per heavy atom. The Hall–Kier alpha value is -2.07. The molecule has 1 unspecified atom stereocenters. The van der Waals surface area contributed by atoms with Gasteiger partial charge in [0.25, 0.3) is 5.91 Å². The molecule has 4 heteroatoms. The topological polar surface area (TPSA) is 62.5 Å². The van der Waals surface area contributed by atoms with Crippen molar-refractivity contribution in [1.82, 2.24) is 0 Å². The number of aliphatic hydroxyl groups is 1. The summed E-state index contributed by atoms with van der Waals surface area (Å²) in [5.74, 6) is -0.0237. The minimum Gasteiger partial charge on any atom is -0.459 e. The highest BCUT2D eigenvalue weighted by atomic mass is 16.3. The number of anilines is 1. The van der Waals surface area contributed by atoms with Gasteiger partial charge in [-0.25, -0.2) is 0 Å². The van der Waals surface area contributed by atoms with Crippen molar-refractivity contribution in [2.45, 2.75) is 13.0 Å². The van der Waals surface area contributed by atoms with E-state index in [9.17, 15) is 9.90 Å². The zero-order valence-corrected chi connectivity index (χ0v) is 9.38. The van der Waals surface area contributed by atoms with Crippen LogP contribution in [0.15, 0.2) is 47.1 Å². The molecule has 1 aromatic carbocycles. The van der Waals surface area contributed by atoms with E-state index in [1.807, 2.05) is 0 Å². The molecule has 88 valence electrons. The molecule has 2 N–H and O–H groups in total. The molecule has 0 aliphatic rings. The Morgan fingerprint density at radius 1 is 1.29 bits per heavy atom. The van der Waals surface area contributed by atoms with Crippen LogP contribution in [0.2, 0.25) is 0 Å². The van der Waals surface area contributed by atoms with Crippen LogP contribution in [0.4, 0.5) is 5.69 Å². The van der Waals surface area contributed by atoms with Crippen LogP contribution in [-0.4, -0.2) is 11.0 Å². The molecule has 2 aromatic rings. The average molecular weight is 231 g/mol. The first kappa shape index (κ1) is 11.4. The van der Waals surface area contributed by atoms with Crippen molar-refractivity contribution < 1.29 is 14.3 Å². The van der Waals surface area contributed by atoms with E-state index < -0.39 is 6.10 Å². The van der Waals surface area contributed by atoms with E-state index in [1.165, 1.54) is 6.26 Å². The van der Waals surface area contributed by atoms with Crippen LogP contribution in [0.5, 0.6) is 0 Å². The molecule has 4 nitrogen and oxygen atoms in total. The van der Waals surface area contributed by atoms with Crippen molar-refractivity contribution in [1.29, 1.82) is 0 Å². The third-order valence-corrected chi connectivity index (χ3v) is 2.40. The summed E-state index contributed by atoms with van der Waals surface area (Å²) in [6, 6.07) is 10.3. The van der Waals surface area contributed by atoms with Crippen LogP contribution >= 0.6 is 0 Å². The summed E-state index contributed by atoms with van der Waals surface area (Å²) in [6.45, 7) is 1.69. The second kappa shape index (κ2) is 4.84. The van der Waals surface area contributed by atoms with Crippen molar-refractivity contribution in [3.8, 4) is 0 Å². The Kier molecular flexibility index (Phi) is 3.25. The first-order chi connectivity index (χ1) is 8.16. The summed E-state index contributed by atoms with van der Waals surface area (Å²) in [5.41, 5.74) is 1.47. The number of carbonyl (C=O) groups excluding carboxylic acids is 1. The molecule has 0 saturated heterocycles. The van der Waals surface area contributed by atoms with E-state index in [1.54, 1.807) is 43.3 Å². The molecule has 1 aromatic heterocycles. The Balaban J connectivity index is 2.07. The monoisotopic (exact) mass is 231 g/mol. The summed E-state index contributed by atoms with van der Waals surface area (Å²) < 4.78 is 4.98. The molecule has 0 aliphatic carbocycles. The van der Waals surface area contributed by atoms with E-state index in [0.29, 0.717) is 5.69 Å². The van der Waals surface area contributed by atoms with Crippen LogP contribution in [0.1, 0.15) is 29.1 Å². The number of hydrogen-bond acceptors (Lipinski definition) is 3. The summed E-state index contributed by atoms with van der Waals surface area (Å²) >= 11 is 0. The van der Waals surface area contributed by atoms with Crippen molar-refractivity contribution >= 4 is 11.6 Å². The number of hydrogen-bond donors (Lipinski definition) is 2. The third-order valence-electron chi connectivity index (χ3n) is 2.40. The molecule has 0 aliphatic heterocycles. The first-order valence-corrected chi connectivity index (χ1v) is 5.29. The maximum absolute atomic E-state index is 11.6. The van der Waals surface area contributed by atoms with Crippen molar-refractivity contribution in [2.75, 3.05) is 5.32 Å². The predicted molar refractivity (Wildman–Crippen MR) is 63.7 cm³/mol. The van der Waals surface area contributed by atoms with Gasteiger partial charge in [-0.15, -0.1) is 0 Å². The lowest BCUT2D eigenvalue weighted by Gasteiger charge is -2.06. The maximum atomic E-state index is 11.6. The second-order valence-corrected chi connectivity index (χ2v) is 3.73. The van der Waals surface area contributed by atoms with Gasteiger partial charge in [-0.3, -0.25) is 4.79 Å². The SMILES string of the molecule is CC(O)c1ccc(NC(=O)c2ccco2)cc1. The van der Waals surface area contributed by atoms with Gasteiger partial charge < -0.3 is 14.8 Å². The van der Waals surface area contributed by atoms with Gasteiger partial charge in [0.1, 0.15) is 0 Å². The fourth-order valence-corrected chi connectivity index (χ4v) is 1.45. The normalized spacial score (nSPS) is 12.1. The zero-order valence-electron chi connectivity index (χ0n) is 9.38. The van der Waals surface area contributed by atoms with Gasteiger partial charge in [-0.05, 0) is 36.8 Å². The van der Waals surface area contributed by atoms with E-state index in [0.717, 1.165) is 5.56 Å². The molecule has 0 bridgehead atoms. The van der Waals surface area contributed by atoms with Gasteiger partial charge in [0.2, 0.25) is 0 Å². The lowest BCUT2D eigenvalue weighted by Crippen LogP contribution is -2.10. The van der Waals surface area contributed by atoms with Crippen LogP contribution in [0, 0.1) is 0 Å². The third kappa shape index (κ3) is 2.73. The lowest BCUT2D eigenvalue weighted by atomic mass is 10.1. The maximum Gasteiger partial charge on any atom is 0.291 e. The quantitative estimate of drug-likeness (QED) is 0.853. The number of carbonyl (C=O) groups is 1. The summed E-state index contributed by atoms with van der Waals surface area (Å²) in [6.07, 6.45) is 0.940. The van der Waals surface area contributed by atoms with Gasteiger partial charge in [-0.1, -0.05) is 12.1 Å². The fraction of sp³-hybridized carbons (Fsp3) is 0.154. The predicted octanol–water partition coefficient (Wildman–Crippen LogP) is 2.59. The van der Waals surface area contributed by atoms with E-state index in [2.05, 4.69) is 5.32 Å². The summed E-state index contributed by atoms with van der Waals surface area (Å²) in [4.78, 5) is 11.6. The van der Waals surface area contributed by atoms with Crippen molar-refractivity contribution in [3.63, 3.8) is 0 Å². The smallest absolute Gasteiger partial charge is 0.291 e. The zero-order chi connectivity index (χ0) is 12.3. The van der Waals surface area contributed by atoms with E-state index >= 15 is 0 Å². The van der Waals surface area contributed by atoms with Gasteiger partial charge in [0.05, 0.1) is 12.4 Å². The molecule has 1 amide bonds. The number of amides is 1. The summed E-state index contributed by atoms with van der Waals surface area (Å²) in [5, 5.41) is 12.0. The number of aliphatic hydroxyl groups excluding tert-OH is 1. The number of rotatable bonds is 3. The Labute approximate surface area is 98.9 Å². The number of furan rings is 1. The molecule has 1 atom stereocenters. The van der Waals surface area contributed by atoms with Gasteiger partial charge in [-0.2, -0.15) is 0 Å². The standard InChI is InChI=1S/C13H13NO3/c1-9(15)10-4-6-11(7-5-10)14-13(16)12-3-2-8-17-12/h2-9,15H,1H3,(H,14,16). The molecular formula is C13H13NO3. The minimum absolute atomic E-state index is 0.268. The second-order valence-electron chi connectivity index (χ2n) is 3.73. The number of nitrogens with one attached hydrogen (secondary N) is 1. The molecule has 0 saturated carbocycles. The highest BCUT2D eigenvalue weighted by Crippen LogP contribution is 2.16. The molecule has 0 radical (unpaired) electrons. The Morgan fingerprint density at radius 2 is 2.00 bits per heavy atom.